The molecule has 5 heteroatoms. The standard InChI is InChI=1S/C14H17NO2S2/c1-18-11-9-14(8-3-10-15-14)12-4-6-13(7-5-12)19(2,16)17/h3-8,10H,9,11H2,1-2H3. The summed E-state index contributed by atoms with van der Waals surface area (Å²) < 4.78 is 22.9. The molecule has 0 saturated heterocycles. The molecule has 1 aromatic carbocycles. The molecule has 0 radical (unpaired) electrons. The van der Waals surface area contributed by atoms with E-state index in [2.05, 4.69) is 17.3 Å². The first-order valence-corrected chi connectivity index (χ1v) is 9.29. The summed E-state index contributed by atoms with van der Waals surface area (Å²) in [6, 6.07) is 7.05. The molecule has 1 aromatic rings. The van der Waals surface area contributed by atoms with Crippen molar-refractivity contribution in [3.63, 3.8) is 0 Å². The molecular weight excluding hydrogens is 278 g/mol. The molecule has 0 fully saturated rings. The summed E-state index contributed by atoms with van der Waals surface area (Å²) >= 11 is 1.79. The number of benzene rings is 1. The third-order valence-corrected chi connectivity index (χ3v) is 4.97. The van der Waals surface area contributed by atoms with Crippen LogP contribution in [0.5, 0.6) is 0 Å². The lowest BCUT2D eigenvalue weighted by atomic mass is 9.88. The van der Waals surface area contributed by atoms with Gasteiger partial charge in [0, 0.05) is 12.5 Å². The van der Waals surface area contributed by atoms with Crippen molar-refractivity contribution < 1.29 is 8.42 Å². The number of nitrogens with zero attached hydrogens (tertiary/aromatic N) is 1. The Bertz CT molecular complexity index is 589. The maximum atomic E-state index is 11.5. The van der Waals surface area contributed by atoms with E-state index < -0.39 is 9.84 Å². The van der Waals surface area contributed by atoms with E-state index in [-0.39, 0.29) is 5.54 Å². The molecule has 2 rings (SSSR count). The van der Waals surface area contributed by atoms with Crippen LogP contribution in [-0.4, -0.2) is 32.9 Å². The Balaban J connectivity index is 2.34. The Labute approximate surface area is 118 Å². The lowest BCUT2D eigenvalue weighted by Crippen LogP contribution is -2.20. The molecule has 19 heavy (non-hydrogen) atoms. The summed E-state index contributed by atoms with van der Waals surface area (Å²) in [6.07, 6.45) is 10.1. The zero-order chi connectivity index (χ0) is 13.9. The molecule has 1 unspecified atom stereocenters. The van der Waals surface area contributed by atoms with E-state index in [0.29, 0.717) is 4.90 Å². The van der Waals surface area contributed by atoms with Crippen LogP contribution >= 0.6 is 11.8 Å². The molecule has 1 atom stereocenters. The Morgan fingerprint density at radius 2 is 1.95 bits per heavy atom. The van der Waals surface area contributed by atoms with Crippen LogP contribution in [0.1, 0.15) is 12.0 Å². The Morgan fingerprint density at radius 1 is 1.26 bits per heavy atom. The van der Waals surface area contributed by atoms with Crippen LogP contribution in [0.4, 0.5) is 0 Å². The zero-order valence-corrected chi connectivity index (χ0v) is 12.7. The summed E-state index contributed by atoms with van der Waals surface area (Å²) in [7, 11) is -3.14. The molecule has 1 heterocycles. The first kappa shape index (κ1) is 14.3. The van der Waals surface area contributed by atoms with Crippen molar-refractivity contribution in [2.45, 2.75) is 16.9 Å². The second-order valence-electron chi connectivity index (χ2n) is 4.60. The van der Waals surface area contributed by atoms with Gasteiger partial charge in [-0.3, -0.25) is 4.99 Å². The number of aliphatic imine (C=N–C) groups is 1. The monoisotopic (exact) mass is 295 g/mol. The smallest absolute Gasteiger partial charge is 0.175 e. The van der Waals surface area contributed by atoms with Crippen LogP contribution in [0.3, 0.4) is 0 Å². The summed E-state index contributed by atoms with van der Waals surface area (Å²) in [5.74, 6) is 1.01. The fourth-order valence-electron chi connectivity index (χ4n) is 2.13. The number of hydrogen-bond acceptors (Lipinski definition) is 4. The molecule has 0 N–H and O–H groups in total. The largest absolute Gasteiger partial charge is 0.278 e. The number of hydrogen-bond donors (Lipinski definition) is 0. The average Bonchev–Trinajstić information content (AvgIpc) is 2.85. The minimum Gasteiger partial charge on any atom is -0.278 e. The average molecular weight is 295 g/mol. The van der Waals surface area contributed by atoms with Gasteiger partial charge in [-0.05, 0) is 42.2 Å². The molecule has 1 aliphatic rings. The van der Waals surface area contributed by atoms with Gasteiger partial charge in [0.05, 0.1) is 4.90 Å². The molecule has 0 amide bonds. The van der Waals surface area contributed by atoms with Crippen LogP contribution in [0.15, 0.2) is 46.3 Å². The maximum absolute atomic E-state index is 11.5. The SMILES string of the molecule is CSCCC1(c2ccc(S(C)(=O)=O)cc2)C=CC=N1. The molecule has 0 bridgehead atoms. The predicted octanol–water partition coefficient (Wildman–Crippen LogP) is 2.68. The summed E-state index contributed by atoms with van der Waals surface area (Å²) in [5.41, 5.74) is 0.720. The third-order valence-electron chi connectivity index (χ3n) is 3.23. The van der Waals surface area contributed by atoms with Crippen molar-refractivity contribution in [2.24, 2.45) is 4.99 Å². The van der Waals surface area contributed by atoms with Crippen LogP contribution < -0.4 is 0 Å². The summed E-state index contributed by atoms with van der Waals surface area (Å²) in [5, 5.41) is 0. The highest BCUT2D eigenvalue weighted by molar-refractivity contribution is 7.98. The van der Waals surface area contributed by atoms with Crippen molar-refractivity contribution >= 4 is 27.8 Å². The van der Waals surface area contributed by atoms with Gasteiger partial charge in [0.15, 0.2) is 9.84 Å². The lowest BCUT2D eigenvalue weighted by molar-refractivity contribution is 0.559. The molecule has 0 saturated carbocycles. The quantitative estimate of drug-likeness (QED) is 0.839. The Hall–Kier alpha value is -1.07. The minimum absolute atomic E-state index is 0.320. The number of allylic oxidation sites excluding steroid dienone is 1. The van der Waals surface area contributed by atoms with E-state index in [4.69, 9.17) is 0 Å². The Morgan fingerprint density at radius 3 is 2.42 bits per heavy atom. The fraction of sp³-hybridized carbons (Fsp3) is 0.357. The van der Waals surface area contributed by atoms with E-state index in [9.17, 15) is 8.42 Å². The topological polar surface area (TPSA) is 46.5 Å². The van der Waals surface area contributed by atoms with Gasteiger partial charge in [-0.15, -0.1) is 0 Å². The van der Waals surface area contributed by atoms with E-state index >= 15 is 0 Å². The molecular formula is C14H17NO2S2. The van der Waals surface area contributed by atoms with E-state index in [1.807, 2.05) is 24.4 Å². The molecule has 102 valence electrons. The minimum atomic E-state index is -3.14. The second kappa shape index (κ2) is 5.51. The number of rotatable bonds is 5. The highest BCUT2D eigenvalue weighted by Gasteiger charge is 2.29. The second-order valence-corrected chi connectivity index (χ2v) is 7.60. The van der Waals surface area contributed by atoms with Crippen molar-refractivity contribution in [3.8, 4) is 0 Å². The number of thioether (sulfide) groups is 1. The van der Waals surface area contributed by atoms with Crippen molar-refractivity contribution in [1.82, 2.24) is 0 Å². The van der Waals surface area contributed by atoms with E-state index in [1.165, 1.54) is 6.26 Å². The molecule has 0 spiro atoms. The van der Waals surface area contributed by atoms with Gasteiger partial charge in [0.2, 0.25) is 0 Å². The van der Waals surface area contributed by atoms with Gasteiger partial charge in [-0.2, -0.15) is 11.8 Å². The third kappa shape index (κ3) is 3.09. The highest BCUT2D eigenvalue weighted by Crippen LogP contribution is 2.35. The van der Waals surface area contributed by atoms with Crippen LogP contribution in [0.2, 0.25) is 0 Å². The van der Waals surface area contributed by atoms with Gasteiger partial charge in [-0.25, -0.2) is 8.42 Å². The van der Waals surface area contributed by atoms with E-state index in [0.717, 1.165) is 17.7 Å². The predicted molar refractivity (Wildman–Crippen MR) is 81.9 cm³/mol. The first-order chi connectivity index (χ1) is 8.98. The molecule has 3 nitrogen and oxygen atoms in total. The van der Waals surface area contributed by atoms with Crippen molar-refractivity contribution in [1.29, 1.82) is 0 Å². The van der Waals surface area contributed by atoms with Gasteiger partial charge < -0.3 is 0 Å². The zero-order valence-electron chi connectivity index (χ0n) is 11.0. The van der Waals surface area contributed by atoms with Gasteiger partial charge in [-0.1, -0.05) is 18.2 Å². The summed E-state index contributed by atoms with van der Waals surface area (Å²) in [6.45, 7) is 0. The first-order valence-electron chi connectivity index (χ1n) is 6.00. The fourth-order valence-corrected chi connectivity index (χ4v) is 3.28. The van der Waals surface area contributed by atoms with Crippen molar-refractivity contribution in [3.05, 3.63) is 42.0 Å². The Kier molecular flexibility index (Phi) is 4.16. The van der Waals surface area contributed by atoms with Crippen LogP contribution in [0.25, 0.3) is 0 Å². The van der Waals surface area contributed by atoms with Gasteiger partial charge in [0.1, 0.15) is 5.54 Å². The summed E-state index contributed by atoms with van der Waals surface area (Å²) in [4.78, 5) is 4.92. The maximum Gasteiger partial charge on any atom is 0.175 e. The van der Waals surface area contributed by atoms with Crippen LogP contribution in [-0.2, 0) is 15.4 Å². The normalized spacial score (nSPS) is 22.0. The highest BCUT2D eigenvalue weighted by atomic mass is 32.2. The van der Waals surface area contributed by atoms with Crippen LogP contribution in [0, 0.1) is 0 Å². The molecule has 1 aliphatic heterocycles. The van der Waals surface area contributed by atoms with Gasteiger partial charge >= 0.3 is 0 Å². The number of sulfone groups is 1. The molecule has 0 aliphatic carbocycles. The van der Waals surface area contributed by atoms with E-state index in [1.54, 1.807) is 23.9 Å². The molecule has 0 aromatic heterocycles. The van der Waals surface area contributed by atoms with Crippen molar-refractivity contribution in [2.75, 3.05) is 18.3 Å². The van der Waals surface area contributed by atoms with Gasteiger partial charge in [0.25, 0.3) is 0 Å². The lowest BCUT2D eigenvalue weighted by Gasteiger charge is -2.24.